The van der Waals surface area contributed by atoms with Gasteiger partial charge in [-0.3, -0.25) is 0 Å². The van der Waals surface area contributed by atoms with Gasteiger partial charge in [0.1, 0.15) is 0 Å². The lowest BCUT2D eigenvalue weighted by Crippen LogP contribution is -1.91. The van der Waals surface area contributed by atoms with Crippen LogP contribution < -0.4 is 5.73 Å². The summed E-state index contributed by atoms with van der Waals surface area (Å²) < 4.78 is 0. The van der Waals surface area contributed by atoms with Crippen molar-refractivity contribution >= 4 is 17.1 Å². The SMILES string of the molecule is Cc1cccc(N=Nc2ccc(N)c(C)c2C)c1. The van der Waals surface area contributed by atoms with Gasteiger partial charge in [-0.1, -0.05) is 12.1 Å². The molecule has 18 heavy (non-hydrogen) atoms. The van der Waals surface area contributed by atoms with Gasteiger partial charge in [-0.25, -0.2) is 0 Å². The Hall–Kier alpha value is -2.16. The van der Waals surface area contributed by atoms with E-state index in [1.165, 1.54) is 5.56 Å². The summed E-state index contributed by atoms with van der Waals surface area (Å²) >= 11 is 0. The van der Waals surface area contributed by atoms with Gasteiger partial charge in [-0.15, -0.1) is 0 Å². The van der Waals surface area contributed by atoms with Gasteiger partial charge in [0.25, 0.3) is 0 Å². The third kappa shape index (κ3) is 2.56. The van der Waals surface area contributed by atoms with Crippen molar-refractivity contribution in [2.75, 3.05) is 5.73 Å². The highest BCUT2D eigenvalue weighted by atomic mass is 15.1. The van der Waals surface area contributed by atoms with Crippen molar-refractivity contribution in [3.63, 3.8) is 0 Å². The molecule has 0 radical (unpaired) electrons. The fourth-order valence-electron chi connectivity index (χ4n) is 1.74. The van der Waals surface area contributed by atoms with E-state index in [1.807, 2.05) is 57.2 Å². The fourth-order valence-corrected chi connectivity index (χ4v) is 1.74. The summed E-state index contributed by atoms with van der Waals surface area (Å²) in [5, 5.41) is 8.54. The Balaban J connectivity index is 2.32. The van der Waals surface area contributed by atoms with Gasteiger partial charge < -0.3 is 5.73 Å². The molecule has 3 nitrogen and oxygen atoms in total. The van der Waals surface area contributed by atoms with Crippen LogP contribution in [0.4, 0.5) is 17.1 Å². The van der Waals surface area contributed by atoms with E-state index in [2.05, 4.69) is 10.2 Å². The van der Waals surface area contributed by atoms with Crippen LogP contribution in [0, 0.1) is 20.8 Å². The number of hydrogen-bond donors (Lipinski definition) is 1. The molecule has 2 aromatic carbocycles. The van der Waals surface area contributed by atoms with Gasteiger partial charge in [-0.2, -0.15) is 10.2 Å². The van der Waals surface area contributed by atoms with Crippen molar-refractivity contribution in [1.82, 2.24) is 0 Å². The molecule has 2 N–H and O–H groups in total. The normalized spacial score (nSPS) is 11.1. The van der Waals surface area contributed by atoms with Crippen molar-refractivity contribution in [1.29, 1.82) is 0 Å². The topological polar surface area (TPSA) is 50.7 Å². The van der Waals surface area contributed by atoms with E-state index >= 15 is 0 Å². The van der Waals surface area contributed by atoms with E-state index in [0.717, 1.165) is 28.2 Å². The van der Waals surface area contributed by atoms with Crippen molar-refractivity contribution in [3.05, 3.63) is 53.1 Å². The van der Waals surface area contributed by atoms with Gasteiger partial charge >= 0.3 is 0 Å². The average molecular weight is 239 g/mol. The molecule has 3 heteroatoms. The second kappa shape index (κ2) is 5.00. The Bertz CT molecular complexity index is 601. The van der Waals surface area contributed by atoms with Crippen LogP contribution in [0.15, 0.2) is 46.6 Å². The van der Waals surface area contributed by atoms with Crippen LogP contribution in [-0.4, -0.2) is 0 Å². The van der Waals surface area contributed by atoms with Crippen LogP contribution in [-0.2, 0) is 0 Å². The van der Waals surface area contributed by atoms with Crippen LogP contribution in [0.5, 0.6) is 0 Å². The molecule has 0 atom stereocenters. The maximum Gasteiger partial charge on any atom is 0.0890 e. The first-order chi connectivity index (χ1) is 8.58. The molecule has 0 aliphatic rings. The molecular formula is C15H17N3. The number of benzene rings is 2. The fraction of sp³-hybridized carbons (Fsp3) is 0.200. The van der Waals surface area contributed by atoms with E-state index in [-0.39, 0.29) is 0 Å². The van der Waals surface area contributed by atoms with Gasteiger partial charge in [0.15, 0.2) is 0 Å². The minimum atomic E-state index is 0.794. The van der Waals surface area contributed by atoms with E-state index < -0.39 is 0 Å². The number of rotatable bonds is 2. The molecule has 0 aliphatic heterocycles. The molecule has 0 unspecified atom stereocenters. The zero-order valence-electron chi connectivity index (χ0n) is 10.9. The number of aryl methyl sites for hydroxylation is 1. The predicted molar refractivity (Wildman–Crippen MR) is 75.7 cm³/mol. The summed E-state index contributed by atoms with van der Waals surface area (Å²) in [5.41, 5.74) is 11.7. The van der Waals surface area contributed by atoms with Crippen LogP contribution in [0.1, 0.15) is 16.7 Å². The molecule has 0 saturated carbocycles. The summed E-state index contributed by atoms with van der Waals surface area (Å²) in [4.78, 5) is 0. The molecule has 0 bridgehead atoms. The van der Waals surface area contributed by atoms with E-state index in [1.54, 1.807) is 0 Å². The summed E-state index contributed by atoms with van der Waals surface area (Å²) in [6, 6.07) is 11.7. The highest BCUT2D eigenvalue weighted by Gasteiger charge is 2.03. The number of anilines is 1. The first kappa shape index (κ1) is 12.3. The number of nitrogens with two attached hydrogens (primary N) is 1. The lowest BCUT2D eigenvalue weighted by Gasteiger charge is -2.06. The van der Waals surface area contributed by atoms with Gasteiger partial charge in [0.05, 0.1) is 11.4 Å². The molecule has 0 saturated heterocycles. The maximum absolute atomic E-state index is 5.84. The van der Waals surface area contributed by atoms with Crippen molar-refractivity contribution < 1.29 is 0 Å². The van der Waals surface area contributed by atoms with Crippen LogP contribution in [0.3, 0.4) is 0 Å². The Labute approximate surface area is 107 Å². The smallest absolute Gasteiger partial charge is 0.0890 e. The minimum Gasteiger partial charge on any atom is -0.399 e. The lowest BCUT2D eigenvalue weighted by atomic mass is 10.1. The molecule has 0 spiro atoms. The third-order valence-electron chi connectivity index (χ3n) is 3.08. The zero-order chi connectivity index (χ0) is 13.1. The van der Waals surface area contributed by atoms with Crippen molar-refractivity contribution in [3.8, 4) is 0 Å². The maximum atomic E-state index is 5.84. The van der Waals surface area contributed by atoms with Crippen molar-refractivity contribution in [2.24, 2.45) is 10.2 Å². The quantitative estimate of drug-likeness (QED) is 0.603. The van der Waals surface area contributed by atoms with Crippen LogP contribution in [0.2, 0.25) is 0 Å². The molecule has 92 valence electrons. The van der Waals surface area contributed by atoms with Gasteiger partial charge in [0.2, 0.25) is 0 Å². The predicted octanol–water partition coefficient (Wildman–Crippen LogP) is 4.61. The van der Waals surface area contributed by atoms with E-state index in [4.69, 9.17) is 5.73 Å². The molecule has 2 rings (SSSR count). The molecular weight excluding hydrogens is 222 g/mol. The first-order valence-corrected chi connectivity index (χ1v) is 5.92. The summed E-state index contributed by atoms with van der Waals surface area (Å²) in [6.45, 7) is 6.05. The summed E-state index contributed by atoms with van der Waals surface area (Å²) in [5.74, 6) is 0. The highest BCUT2D eigenvalue weighted by molar-refractivity contribution is 5.60. The number of nitrogen functional groups attached to an aromatic ring is 1. The number of hydrogen-bond acceptors (Lipinski definition) is 3. The molecule has 2 aromatic rings. The van der Waals surface area contributed by atoms with Crippen LogP contribution >= 0.6 is 0 Å². The molecule has 0 amide bonds. The average Bonchev–Trinajstić information content (AvgIpc) is 2.35. The Morgan fingerprint density at radius 3 is 2.39 bits per heavy atom. The Kier molecular flexibility index (Phi) is 3.42. The monoisotopic (exact) mass is 239 g/mol. The second-order valence-corrected chi connectivity index (χ2v) is 4.46. The molecule has 0 fully saturated rings. The second-order valence-electron chi connectivity index (χ2n) is 4.46. The van der Waals surface area contributed by atoms with Crippen LogP contribution in [0.25, 0.3) is 0 Å². The van der Waals surface area contributed by atoms with E-state index in [0.29, 0.717) is 0 Å². The molecule has 0 aliphatic carbocycles. The van der Waals surface area contributed by atoms with E-state index in [9.17, 15) is 0 Å². The summed E-state index contributed by atoms with van der Waals surface area (Å²) in [7, 11) is 0. The van der Waals surface area contributed by atoms with Crippen molar-refractivity contribution in [2.45, 2.75) is 20.8 Å². The number of nitrogens with zero attached hydrogens (tertiary/aromatic N) is 2. The lowest BCUT2D eigenvalue weighted by molar-refractivity contribution is 1.19. The minimum absolute atomic E-state index is 0.794. The highest BCUT2D eigenvalue weighted by Crippen LogP contribution is 2.27. The largest absolute Gasteiger partial charge is 0.399 e. The van der Waals surface area contributed by atoms with Gasteiger partial charge in [-0.05, 0) is 61.7 Å². The third-order valence-corrected chi connectivity index (χ3v) is 3.08. The molecule has 0 heterocycles. The standard InChI is InChI=1S/C15H17N3/c1-10-5-4-6-13(9-10)17-18-15-8-7-14(16)11(2)12(15)3/h4-9H,16H2,1-3H3. The Morgan fingerprint density at radius 2 is 1.67 bits per heavy atom. The summed E-state index contributed by atoms with van der Waals surface area (Å²) in [6.07, 6.45) is 0. The Morgan fingerprint density at radius 1 is 0.889 bits per heavy atom. The first-order valence-electron chi connectivity index (χ1n) is 5.92. The zero-order valence-corrected chi connectivity index (χ0v) is 10.9. The molecule has 0 aromatic heterocycles. The number of azo groups is 1. The van der Waals surface area contributed by atoms with Gasteiger partial charge in [0, 0.05) is 5.69 Å².